The number of hydrogen-bond acceptors (Lipinski definition) is 3. The maximum atomic E-state index is 5.71. The number of piperidine rings is 1. The minimum absolute atomic E-state index is 0.442. The number of aromatic nitrogens is 1. The van der Waals surface area contributed by atoms with Crippen LogP contribution in [0.5, 0.6) is 0 Å². The molecule has 0 aliphatic carbocycles. The first-order valence-electron chi connectivity index (χ1n) is 6.93. The summed E-state index contributed by atoms with van der Waals surface area (Å²) in [6, 6.07) is 8.39. The van der Waals surface area contributed by atoms with Crippen molar-refractivity contribution in [2.75, 3.05) is 20.1 Å². The number of likely N-dealkylation sites (N-methyl/N-ethyl adjacent to an activating group) is 1. The fraction of sp³-hybridized carbons (Fsp3) is 0.438. The zero-order chi connectivity index (χ0) is 13.2. The maximum absolute atomic E-state index is 5.71. The third-order valence-corrected chi connectivity index (χ3v) is 3.81. The highest BCUT2D eigenvalue weighted by molar-refractivity contribution is 5.58. The van der Waals surface area contributed by atoms with E-state index in [1.807, 2.05) is 0 Å². The Labute approximate surface area is 114 Å². The van der Waals surface area contributed by atoms with E-state index in [0.29, 0.717) is 5.92 Å². The molecule has 2 aromatic rings. The van der Waals surface area contributed by atoms with Crippen LogP contribution >= 0.6 is 0 Å². The van der Waals surface area contributed by atoms with E-state index in [1.54, 1.807) is 6.26 Å². The van der Waals surface area contributed by atoms with Gasteiger partial charge >= 0.3 is 0 Å². The van der Waals surface area contributed by atoms with Crippen molar-refractivity contribution in [1.29, 1.82) is 0 Å². The van der Waals surface area contributed by atoms with Crippen LogP contribution in [0, 0.1) is 6.92 Å². The maximum Gasteiger partial charge on any atom is 0.198 e. The molecule has 1 saturated heterocycles. The predicted octanol–water partition coefficient (Wildman–Crippen LogP) is 3.46. The molecule has 1 aliphatic heterocycles. The number of aryl methyl sites for hydroxylation is 1. The third kappa shape index (κ3) is 2.71. The molecule has 1 aromatic carbocycles. The zero-order valence-corrected chi connectivity index (χ0v) is 11.6. The largest absolute Gasteiger partial charge is 0.448 e. The Morgan fingerprint density at radius 3 is 3.05 bits per heavy atom. The van der Waals surface area contributed by atoms with E-state index in [1.165, 1.54) is 24.9 Å². The number of oxazole rings is 1. The van der Waals surface area contributed by atoms with E-state index in [2.05, 4.69) is 48.1 Å². The molecule has 0 saturated carbocycles. The van der Waals surface area contributed by atoms with E-state index in [4.69, 9.17) is 4.42 Å². The van der Waals surface area contributed by atoms with Gasteiger partial charge in [-0.3, -0.25) is 0 Å². The quantitative estimate of drug-likeness (QED) is 0.824. The van der Waals surface area contributed by atoms with Crippen LogP contribution in [0.2, 0.25) is 0 Å². The summed E-state index contributed by atoms with van der Waals surface area (Å²) in [5.41, 5.74) is 3.34. The van der Waals surface area contributed by atoms with Crippen molar-refractivity contribution < 1.29 is 4.42 Å². The second-order valence-electron chi connectivity index (χ2n) is 5.54. The summed E-state index contributed by atoms with van der Waals surface area (Å²) in [4.78, 5) is 7.04. The van der Waals surface area contributed by atoms with Crippen LogP contribution in [0.4, 0.5) is 0 Å². The van der Waals surface area contributed by atoms with Crippen LogP contribution in [0.25, 0.3) is 11.3 Å². The standard InChI is InChI=1S/C16H20N2O/c1-12-5-3-6-13(9-12)15-11-19-16(17-15)14-7-4-8-18(2)10-14/h3,5-6,9,11,14H,4,7-8,10H2,1-2H3. The monoisotopic (exact) mass is 256 g/mol. The van der Waals surface area contributed by atoms with Gasteiger partial charge in [0, 0.05) is 18.0 Å². The van der Waals surface area contributed by atoms with Crippen molar-refractivity contribution >= 4 is 0 Å². The minimum Gasteiger partial charge on any atom is -0.448 e. The molecule has 2 heterocycles. The van der Waals surface area contributed by atoms with Gasteiger partial charge in [-0.05, 0) is 39.4 Å². The first kappa shape index (κ1) is 12.4. The minimum atomic E-state index is 0.442. The summed E-state index contributed by atoms with van der Waals surface area (Å²) in [7, 11) is 2.16. The molecule has 3 nitrogen and oxygen atoms in total. The molecule has 1 atom stereocenters. The van der Waals surface area contributed by atoms with Gasteiger partial charge in [-0.15, -0.1) is 0 Å². The highest BCUT2D eigenvalue weighted by Crippen LogP contribution is 2.28. The Morgan fingerprint density at radius 1 is 1.37 bits per heavy atom. The molecule has 3 heteroatoms. The van der Waals surface area contributed by atoms with Gasteiger partial charge in [0.05, 0.1) is 0 Å². The SMILES string of the molecule is Cc1cccc(-c2coc(C3CCCN(C)C3)n2)c1. The lowest BCUT2D eigenvalue weighted by Gasteiger charge is -2.27. The van der Waals surface area contributed by atoms with Crippen molar-refractivity contribution in [2.45, 2.75) is 25.7 Å². The van der Waals surface area contributed by atoms with E-state index >= 15 is 0 Å². The molecular weight excluding hydrogens is 236 g/mol. The first-order chi connectivity index (χ1) is 9.22. The van der Waals surface area contributed by atoms with Crippen molar-refractivity contribution in [1.82, 2.24) is 9.88 Å². The van der Waals surface area contributed by atoms with Gasteiger partial charge in [0.2, 0.25) is 0 Å². The van der Waals surface area contributed by atoms with E-state index < -0.39 is 0 Å². The highest BCUT2D eigenvalue weighted by Gasteiger charge is 2.23. The second kappa shape index (κ2) is 5.17. The van der Waals surface area contributed by atoms with E-state index in [9.17, 15) is 0 Å². The first-order valence-corrected chi connectivity index (χ1v) is 6.93. The molecule has 0 bridgehead atoms. The van der Waals surface area contributed by atoms with Crippen LogP contribution in [0.1, 0.15) is 30.2 Å². The van der Waals surface area contributed by atoms with Gasteiger partial charge < -0.3 is 9.32 Å². The summed E-state index contributed by atoms with van der Waals surface area (Å²) >= 11 is 0. The number of nitrogens with zero attached hydrogens (tertiary/aromatic N) is 2. The molecular formula is C16H20N2O. The molecule has 0 amide bonds. The lowest BCUT2D eigenvalue weighted by Crippen LogP contribution is -2.30. The van der Waals surface area contributed by atoms with Crippen molar-refractivity contribution in [2.24, 2.45) is 0 Å². The molecule has 1 aliphatic rings. The number of hydrogen-bond donors (Lipinski definition) is 0. The number of likely N-dealkylation sites (tertiary alicyclic amines) is 1. The van der Waals surface area contributed by atoms with E-state index in [-0.39, 0.29) is 0 Å². The molecule has 0 spiro atoms. The zero-order valence-electron chi connectivity index (χ0n) is 11.6. The van der Waals surface area contributed by atoms with E-state index in [0.717, 1.165) is 23.7 Å². The van der Waals surface area contributed by atoms with Gasteiger partial charge in [0.1, 0.15) is 12.0 Å². The Kier molecular flexibility index (Phi) is 3.38. The topological polar surface area (TPSA) is 29.3 Å². The molecule has 3 rings (SSSR count). The fourth-order valence-electron chi connectivity index (χ4n) is 2.78. The summed E-state index contributed by atoms with van der Waals surface area (Å²) in [5.74, 6) is 1.33. The summed E-state index contributed by atoms with van der Waals surface area (Å²) in [5, 5.41) is 0. The van der Waals surface area contributed by atoms with Gasteiger partial charge in [-0.2, -0.15) is 0 Å². The smallest absolute Gasteiger partial charge is 0.198 e. The molecule has 0 radical (unpaired) electrons. The Morgan fingerprint density at radius 2 is 2.26 bits per heavy atom. The lowest BCUT2D eigenvalue weighted by atomic mass is 9.98. The van der Waals surface area contributed by atoms with Gasteiger partial charge in [-0.25, -0.2) is 4.98 Å². The third-order valence-electron chi connectivity index (χ3n) is 3.81. The van der Waals surface area contributed by atoms with Crippen molar-refractivity contribution in [3.8, 4) is 11.3 Å². The molecule has 1 fully saturated rings. The van der Waals surface area contributed by atoms with Gasteiger partial charge in [0.15, 0.2) is 5.89 Å². The van der Waals surface area contributed by atoms with Crippen LogP contribution in [-0.4, -0.2) is 30.0 Å². The Balaban J connectivity index is 1.83. The predicted molar refractivity (Wildman–Crippen MR) is 76.1 cm³/mol. The average Bonchev–Trinajstić information content (AvgIpc) is 2.88. The summed E-state index contributed by atoms with van der Waals surface area (Å²) in [6.45, 7) is 4.33. The summed E-state index contributed by atoms with van der Waals surface area (Å²) < 4.78 is 5.71. The van der Waals surface area contributed by atoms with Crippen LogP contribution in [0.15, 0.2) is 34.9 Å². The molecule has 1 unspecified atom stereocenters. The Hall–Kier alpha value is -1.61. The normalized spacial score (nSPS) is 20.6. The molecule has 19 heavy (non-hydrogen) atoms. The second-order valence-corrected chi connectivity index (χ2v) is 5.54. The Bertz CT molecular complexity index is 561. The average molecular weight is 256 g/mol. The van der Waals surface area contributed by atoms with Crippen LogP contribution < -0.4 is 0 Å². The number of benzene rings is 1. The van der Waals surface area contributed by atoms with Crippen LogP contribution in [0.3, 0.4) is 0 Å². The highest BCUT2D eigenvalue weighted by atomic mass is 16.3. The van der Waals surface area contributed by atoms with Gasteiger partial charge in [-0.1, -0.05) is 23.8 Å². The molecule has 0 N–H and O–H groups in total. The van der Waals surface area contributed by atoms with Crippen molar-refractivity contribution in [3.05, 3.63) is 42.0 Å². The van der Waals surface area contributed by atoms with Gasteiger partial charge in [0.25, 0.3) is 0 Å². The van der Waals surface area contributed by atoms with Crippen molar-refractivity contribution in [3.63, 3.8) is 0 Å². The fourth-order valence-corrected chi connectivity index (χ4v) is 2.78. The molecule has 1 aromatic heterocycles. The lowest BCUT2D eigenvalue weighted by molar-refractivity contribution is 0.230. The summed E-state index contributed by atoms with van der Waals surface area (Å²) in [6.07, 6.45) is 4.19. The molecule has 100 valence electrons. The van der Waals surface area contributed by atoms with Crippen LogP contribution in [-0.2, 0) is 0 Å². The number of rotatable bonds is 2.